The molecule has 1 amide bonds. The third kappa shape index (κ3) is 2.63. The molecule has 1 fully saturated rings. The fourth-order valence-corrected chi connectivity index (χ4v) is 2.69. The van der Waals surface area contributed by atoms with Crippen molar-refractivity contribution in [2.45, 2.75) is 45.2 Å². The predicted molar refractivity (Wildman–Crippen MR) is 70.4 cm³/mol. The van der Waals surface area contributed by atoms with Gasteiger partial charge in [0.1, 0.15) is 0 Å². The molecular formula is C14H18ClNO. The first-order valence-electron chi connectivity index (χ1n) is 6.18. The second-order valence-corrected chi connectivity index (χ2v) is 5.28. The summed E-state index contributed by atoms with van der Waals surface area (Å²) in [7, 11) is 0. The Morgan fingerprint density at radius 2 is 1.71 bits per heavy atom. The number of piperidine rings is 1. The highest BCUT2D eigenvalue weighted by Gasteiger charge is 2.29. The van der Waals surface area contributed by atoms with Gasteiger partial charge in [-0.1, -0.05) is 11.6 Å². The van der Waals surface area contributed by atoms with Gasteiger partial charge in [-0.2, -0.15) is 0 Å². The van der Waals surface area contributed by atoms with Crippen LogP contribution >= 0.6 is 11.6 Å². The molecule has 1 aromatic carbocycles. The van der Waals surface area contributed by atoms with Crippen molar-refractivity contribution in [2.75, 3.05) is 0 Å². The summed E-state index contributed by atoms with van der Waals surface area (Å²) in [6.07, 6.45) is 3.42. The number of rotatable bonds is 1. The highest BCUT2D eigenvalue weighted by molar-refractivity contribution is 6.30. The summed E-state index contributed by atoms with van der Waals surface area (Å²) in [6.45, 7) is 4.26. The third-order valence-electron chi connectivity index (χ3n) is 3.52. The molecule has 0 bridgehead atoms. The fourth-order valence-electron chi connectivity index (χ4n) is 2.56. The van der Waals surface area contributed by atoms with E-state index in [4.69, 9.17) is 11.6 Å². The van der Waals surface area contributed by atoms with E-state index in [0.717, 1.165) is 18.4 Å². The van der Waals surface area contributed by atoms with Crippen LogP contribution in [0.3, 0.4) is 0 Å². The first-order valence-corrected chi connectivity index (χ1v) is 6.55. The summed E-state index contributed by atoms with van der Waals surface area (Å²) in [6, 6.07) is 7.82. The number of benzene rings is 1. The largest absolute Gasteiger partial charge is 0.333 e. The lowest BCUT2D eigenvalue weighted by molar-refractivity contribution is 0.0511. The topological polar surface area (TPSA) is 20.3 Å². The van der Waals surface area contributed by atoms with Crippen LogP contribution in [0.4, 0.5) is 0 Å². The first kappa shape index (κ1) is 12.4. The summed E-state index contributed by atoms with van der Waals surface area (Å²) in [5.41, 5.74) is 0.731. The average molecular weight is 252 g/mol. The van der Waals surface area contributed by atoms with Gasteiger partial charge < -0.3 is 4.90 Å². The van der Waals surface area contributed by atoms with Crippen LogP contribution in [-0.4, -0.2) is 22.9 Å². The Hall–Kier alpha value is -1.02. The molecule has 1 aromatic rings. The van der Waals surface area contributed by atoms with Gasteiger partial charge in [-0.3, -0.25) is 4.79 Å². The number of nitrogens with zero attached hydrogens (tertiary/aromatic N) is 1. The van der Waals surface area contributed by atoms with E-state index in [1.807, 2.05) is 4.90 Å². The molecule has 2 rings (SSSR count). The van der Waals surface area contributed by atoms with Gasteiger partial charge in [0, 0.05) is 22.7 Å². The lowest BCUT2D eigenvalue weighted by Gasteiger charge is -2.39. The van der Waals surface area contributed by atoms with E-state index in [1.165, 1.54) is 6.42 Å². The monoisotopic (exact) mass is 251 g/mol. The van der Waals surface area contributed by atoms with Crippen LogP contribution < -0.4 is 0 Å². The van der Waals surface area contributed by atoms with Gasteiger partial charge >= 0.3 is 0 Å². The van der Waals surface area contributed by atoms with Crippen LogP contribution in [0.5, 0.6) is 0 Å². The average Bonchev–Trinajstić information content (AvgIpc) is 2.29. The summed E-state index contributed by atoms with van der Waals surface area (Å²) >= 11 is 5.83. The Balaban J connectivity index is 2.20. The van der Waals surface area contributed by atoms with Crippen molar-refractivity contribution in [1.82, 2.24) is 4.90 Å². The van der Waals surface area contributed by atoms with E-state index in [2.05, 4.69) is 13.8 Å². The molecule has 2 nitrogen and oxygen atoms in total. The van der Waals surface area contributed by atoms with Crippen LogP contribution in [0.2, 0.25) is 5.02 Å². The molecule has 92 valence electrons. The van der Waals surface area contributed by atoms with Gasteiger partial charge in [-0.05, 0) is 57.4 Å². The molecule has 0 saturated carbocycles. The van der Waals surface area contributed by atoms with Crippen molar-refractivity contribution < 1.29 is 4.79 Å². The van der Waals surface area contributed by atoms with Crippen molar-refractivity contribution in [3.63, 3.8) is 0 Å². The molecule has 0 radical (unpaired) electrons. The van der Waals surface area contributed by atoms with Crippen LogP contribution in [0, 0.1) is 0 Å². The summed E-state index contributed by atoms with van der Waals surface area (Å²) in [4.78, 5) is 14.4. The first-order chi connectivity index (χ1) is 8.09. The zero-order chi connectivity index (χ0) is 12.4. The molecule has 0 aliphatic carbocycles. The van der Waals surface area contributed by atoms with E-state index in [-0.39, 0.29) is 5.91 Å². The summed E-state index contributed by atoms with van der Waals surface area (Å²) in [5, 5.41) is 0.668. The van der Waals surface area contributed by atoms with Gasteiger partial charge in [-0.25, -0.2) is 0 Å². The Kier molecular flexibility index (Phi) is 3.72. The molecule has 0 aromatic heterocycles. The lowest BCUT2D eigenvalue weighted by Crippen LogP contribution is -2.47. The minimum atomic E-state index is 0.126. The maximum Gasteiger partial charge on any atom is 0.254 e. The molecule has 0 spiro atoms. The molecule has 3 heteroatoms. The van der Waals surface area contributed by atoms with Crippen molar-refractivity contribution in [3.05, 3.63) is 34.9 Å². The molecule has 1 aliphatic heterocycles. The van der Waals surface area contributed by atoms with E-state index < -0.39 is 0 Å². The van der Waals surface area contributed by atoms with Gasteiger partial charge in [0.2, 0.25) is 0 Å². The zero-order valence-electron chi connectivity index (χ0n) is 10.3. The second kappa shape index (κ2) is 5.09. The number of carbonyl (C=O) groups excluding carboxylic acids is 1. The molecule has 1 heterocycles. The van der Waals surface area contributed by atoms with Crippen molar-refractivity contribution >= 4 is 17.5 Å². The normalized spacial score (nSPS) is 24.8. The van der Waals surface area contributed by atoms with E-state index in [0.29, 0.717) is 17.1 Å². The van der Waals surface area contributed by atoms with Gasteiger partial charge in [0.15, 0.2) is 0 Å². The molecular weight excluding hydrogens is 234 g/mol. The number of carbonyl (C=O) groups is 1. The van der Waals surface area contributed by atoms with Crippen LogP contribution in [0.25, 0.3) is 0 Å². The Morgan fingerprint density at radius 1 is 1.18 bits per heavy atom. The Bertz CT molecular complexity index is 391. The maximum atomic E-state index is 12.4. The van der Waals surface area contributed by atoms with Crippen molar-refractivity contribution in [3.8, 4) is 0 Å². The second-order valence-electron chi connectivity index (χ2n) is 4.85. The summed E-state index contributed by atoms with van der Waals surface area (Å²) in [5.74, 6) is 0.126. The fraction of sp³-hybridized carbons (Fsp3) is 0.500. The van der Waals surface area contributed by atoms with Crippen LogP contribution in [0.15, 0.2) is 24.3 Å². The minimum absolute atomic E-state index is 0.126. The van der Waals surface area contributed by atoms with E-state index in [9.17, 15) is 4.79 Å². The smallest absolute Gasteiger partial charge is 0.254 e. The molecule has 1 aliphatic rings. The number of halogens is 1. The molecule has 1 saturated heterocycles. The van der Waals surface area contributed by atoms with Crippen molar-refractivity contribution in [2.24, 2.45) is 0 Å². The molecule has 2 atom stereocenters. The standard InChI is InChI=1S/C14H18ClNO/c1-10-4-3-5-11(2)16(10)14(17)12-6-8-13(15)9-7-12/h6-11H,3-5H2,1-2H3/t10-,11-/m1/s1. The van der Waals surface area contributed by atoms with Crippen LogP contribution in [0.1, 0.15) is 43.5 Å². The predicted octanol–water partition coefficient (Wildman–Crippen LogP) is 3.74. The Labute approximate surface area is 108 Å². The quantitative estimate of drug-likeness (QED) is 0.745. The van der Waals surface area contributed by atoms with E-state index in [1.54, 1.807) is 24.3 Å². The molecule has 0 unspecified atom stereocenters. The highest BCUT2D eigenvalue weighted by Crippen LogP contribution is 2.24. The minimum Gasteiger partial charge on any atom is -0.333 e. The molecule has 17 heavy (non-hydrogen) atoms. The van der Waals surface area contributed by atoms with Gasteiger partial charge in [0.05, 0.1) is 0 Å². The summed E-state index contributed by atoms with van der Waals surface area (Å²) < 4.78 is 0. The SMILES string of the molecule is C[C@@H]1CCC[C@@H](C)N1C(=O)c1ccc(Cl)cc1. The maximum absolute atomic E-state index is 12.4. The van der Waals surface area contributed by atoms with Crippen LogP contribution in [-0.2, 0) is 0 Å². The Morgan fingerprint density at radius 3 is 2.24 bits per heavy atom. The highest BCUT2D eigenvalue weighted by atomic mass is 35.5. The number of amides is 1. The van der Waals surface area contributed by atoms with Gasteiger partial charge in [0.25, 0.3) is 5.91 Å². The number of hydrogen-bond acceptors (Lipinski definition) is 1. The number of likely N-dealkylation sites (tertiary alicyclic amines) is 1. The third-order valence-corrected chi connectivity index (χ3v) is 3.77. The van der Waals surface area contributed by atoms with Crippen molar-refractivity contribution in [1.29, 1.82) is 0 Å². The zero-order valence-corrected chi connectivity index (χ0v) is 11.1. The molecule has 0 N–H and O–H groups in total. The lowest BCUT2D eigenvalue weighted by atomic mass is 9.96. The van der Waals surface area contributed by atoms with Gasteiger partial charge in [-0.15, -0.1) is 0 Å². The number of hydrogen-bond donors (Lipinski definition) is 0. The van der Waals surface area contributed by atoms with E-state index >= 15 is 0 Å².